The van der Waals surface area contributed by atoms with Crippen LogP contribution in [0.1, 0.15) is 19.3 Å². The zero-order valence-corrected chi connectivity index (χ0v) is 13.1. The summed E-state index contributed by atoms with van der Waals surface area (Å²) in [5, 5.41) is 3.30. The van der Waals surface area contributed by atoms with E-state index in [0.717, 1.165) is 31.1 Å². The molecule has 6 heteroatoms. The first-order valence-electron chi connectivity index (χ1n) is 7.06. The second-order valence-corrected chi connectivity index (χ2v) is 6.83. The van der Waals surface area contributed by atoms with Gasteiger partial charge in [0, 0.05) is 30.8 Å². The van der Waals surface area contributed by atoms with Crippen molar-refractivity contribution in [3.05, 3.63) is 0 Å². The SMILES string of the molecule is CN1CCCC2CN(C(=O)C3CSCN3)CCC21.Cl. The number of piperidine rings is 2. The third kappa shape index (κ3) is 3.20. The molecule has 0 bridgehead atoms. The largest absolute Gasteiger partial charge is 0.341 e. The summed E-state index contributed by atoms with van der Waals surface area (Å²) in [6, 6.07) is 0.793. The molecule has 0 spiro atoms. The molecule has 0 radical (unpaired) electrons. The first kappa shape index (κ1) is 15.4. The molecule has 0 aliphatic carbocycles. The van der Waals surface area contributed by atoms with Crippen LogP contribution in [0.2, 0.25) is 0 Å². The van der Waals surface area contributed by atoms with Crippen LogP contribution in [-0.4, -0.2) is 66.1 Å². The molecule has 110 valence electrons. The van der Waals surface area contributed by atoms with Gasteiger partial charge in [-0.2, -0.15) is 0 Å². The summed E-state index contributed by atoms with van der Waals surface area (Å²) in [4.78, 5) is 17.0. The Morgan fingerprint density at radius 1 is 1.32 bits per heavy atom. The van der Waals surface area contributed by atoms with Gasteiger partial charge in [0.2, 0.25) is 5.91 Å². The number of hydrogen-bond donors (Lipinski definition) is 1. The number of nitrogens with one attached hydrogen (secondary N) is 1. The highest BCUT2D eigenvalue weighted by Crippen LogP contribution is 2.30. The number of hydrogen-bond acceptors (Lipinski definition) is 4. The van der Waals surface area contributed by atoms with Gasteiger partial charge in [0.05, 0.1) is 6.04 Å². The van der Waals surface area contributed by atoms with Crippen LogP contribution in [0.25, 0.3) is 0 Å². The van der Waals surface area contributed by atoms with E-state index in [1.165, 1.54) is 19.4 Å². The van der Waals surface area contributed by atoms with E-state index in [2.05, 4.69) is 22.2 Å². The summed E-state index contributed by atoms with van der Waals surface area (Å²) in [6.45, 7) is 3.17. The van der Waals surface area contributed by atoms with Crippen LogP contribution in [0.15, 0.2) is 0 Å². The maximum atomic E-state index is 12.4. The second kappa shape index (κ2) is 6.66. The average Bonchev–Trinajstić information content (AvgIpc) is 2.91. The number of carbonyl (C=O) groups excluding carboxylic acids is 1. The molecular weight excluding hydrogens is 282 g/mol. The number of rotatable bonds is 1. The Morgan fingerprint density at radius 2 is 2.16 bits per heavy atom. The van der Waals surface area contributed by atoms with Gasteiger partial charge in [-0.05, 0) is 38.8 Å². The quantitative estimate of drug-likeness (QED) is 0.784. The standard InChI is InChI=1S/C13H23N3OS.ClH/c1-15-5-2-3-10-7-16(6-4-12(10)15)13(17)11-8-18-9-14-11;/h10-12,14H,2-9H2,1H3;1H. The Hall–Kier alpha value is 0.0300. The Bertz CT molecular complexity index is 325. The second-order valence-electron chi connectivity index (χ2n) is 5.80. The molecule has 4 nitrogen and oxygen atoms in total. The van der Waals surface area contributed by atoms with Crippen molar-refractivity contribution >= 4 is 30.1 Å². The lowest BCUT2D eigenvalue weighted by Gasteiger charge is -2.46. The van der Waals surface area contributed by atoms with E-state index in [0.29, 0.717) is 17.9 Å². The van der Waals surface area contributed by atoms with E-state index in [4.69, 9.17) is 0 Å². The number of carbonyl (C=O) groups is 1. The van der Waals surface area contributed by atoms with Crippen molar-refractivity contribution in [2.24, 2.45) is 5.92 Å². The molecule has 0 aromatic rings. The van der Waals surface area contributed by atoms with Crippen molar-refractivity contribution in [2.45, 2.75) is 31.3 Å². The van der Waals surface area contributed by atoms with E-state index in [9.17, 15) is 4.79 Å². The molecule has 1 N–H and O–H groups in total. The highest BCUT2D eigenvalue weighted by atomic mass is 35.5. The Morgan fingerprint density at radius 3 is 2.89 bits per heavy atom. The van der Waals surface area contributed by atoms with Gasteiger partial charge in [-0.1, -0.05) is 0 Å². The zero-order chi connectivity index (χ0) is 12.5. The minimum absolute atomic E-state index is 0. The van der Waals surface area contributed by atoms with Crippen molar-refractivity contribution < 1.29 is 4.79 Å². The molecule has 0 saturated carbocycles. The molecule has 0 aromatic carbocycles. The summed E-state index contributed by atoms with van der Waals surface area (Å²) in [5.41, 5.74) is 0. The van der Waals surface area contributed by atoms with Gasteiger partial charge in [-0.15, -0.1) is 24.2 Å². The molecule has 3 aliphatic heterocycles. The van der Waals surface area contributed by atoms with Crippen molar-refractivity contribution in [3.8, 4) is 0 Å². The van der Waals surface area contributed by atoms with E-state index in [1.54, 1.807) is 0 Å². The number of likely N-dealkylation sites (tertiary alicyclic amines) is 2. The van der Waals surface area contributed by atoms with Gasteiger partial charge in [0.15, 0.2) is 0 Å². The van der Waals surface area contributed by atoms with Gasteiger partial charge in [-0.3, -0.25) is 10.1 Å². The number of halogens is 1. The fourth-order valence-electron chi connectivity index (χ4n) is 3.63. The summed E-state index contributed by atoms with van der Waals surface area (Å²) in [5.74, 6) is 2.92. The van der Waals surface area contributed by atoms with Crippen LogP contribution in [0.3, 0.4) is 0 Å². The number of thioether (sulfide) groups is 1. The highest BCUT2D eigenvalue weighted by Gasteiger charge is 2.37. The van der Waals surface area contributed by atoms with Crippen LogP contribution in [-0.2, 0) is 4.79 Å². The van der Waals surface area contributed by atoms with Crippen LogP contribution in [0.5, 0.6) is 0 Å². The summed E-state index contributed by atoms with van der Waals surface area (Å²) < 4.78 is 0. The lowest BCUT2D eigenvalue weighted by Crippen LogP contribution is -2.56. The lowest BCUT2D eigenvalue weighted by molar-refractivity contribution is -0.136. The molecule has 3 rings (SSSR count). The maximum Gasteiger partial charge on any atom is 0.240 e. The van der Waals surface area contributed by atoms with Crippen LogP contribution in [0.4, 0.5) is 0 Å². The zero-order valence-electron chi connectivity index (χ0n) is 11.5. The fourth-order valence-corrected chi connectivity index (χ4v) is 4.56. The molecule has 3 fully saturated rings. The maximum absolute atomic E-state index is 12.4. The molecular formula is C13H24ClN3OS. The predicted molar refractivity (Wildman–Crippen MR) is 81.8 cm³/mol. The molecule has 3 aliphatic rings. The first-order valence-corrected chi connectivity index (χ1v) is 8.21. The summed E-state index contributed by atoms with van der Waals surface area (Å²) >= 11 is 1.83. The van der Waals surface area contributed by atoms with Crippen LogP contribution in [0, 0.1) is 5.92 Å². The summed E-state index contributed by atoms with van der Waals surface area (Å²) in [7, 11) is 2.24. The lowest BCUT2D eigenvalue weighted by atomic mass is 9.84. The third-order valence-electron chi connectivity index (χ3n) is 4.67. The minimum atomic E-state index is 0. The van der Waals surface area contributed by atoms with Gasteiger partial charge in [0.25, 0.3) is 0 Å². The topological polar surface area (TPSA) is 35.6 Å². The van der Waals surface area contributed by atoms with E-state index in [1.807, 2.05) is 11.8 Å². The van der Waals surface area contributed by atoms with E-state index < -0.39 is 0 Å². The normalized spacial score (nSPS) is 35.6. The molecule has 19 heavy (non-hydrogen) atoms. The van der Waals surface area contributed by atoms with Crippen LogP contribution >= 0.6 is 24.2 Å². The fraction of sp³-hybridized carbons (Fsp3) is 0.923. The minimum Gasteiger partial charge on any atom is -0.341 e. The Kier molecular flexibility index (Phi) is 5.40. The van der Waals surface area contributed by atoms with Gasteiger partial charge in [-0.25, -0.2) is 0 Å². The van der Waals surface area contributed by atoms with Crippen molar-refractivity contribution in [1.82, 2.24) is 15.1 Å². The molecule has 3 saturated heterocycles. The average molecular weight is 306 g/mol. The monoisotopic (exact) mass is 305 g/mol. The number of amides is 1. The van der Waals surface area contributed by atoms with Gasteiger partial charge in [0.1, 0.15) is 0 Å². The number of nitrogens with zero attached hydrogens (tertiary/aromatic N) is 2. The van der Waals surface area contributed by atoms with Gasteiger partial charge >= 0.3 is 0 Å². The van der Waals surface area contributed by atoms with E-state index >= 15 is 0 Å². The molecule has 3 unspecified atom stereocenters. The first-order chi connectivity index (χ1) is 8.75. The summed E-state index contributed by atoms with van der Waals surface area (Å²) in [6.07, 6.45) is 3.75. The molecule has 3 atom stereocenters. The Balaban J connectivity index is 0.00000133. The van der Waals surface area contributed by atoms with Crippen molar-refractivity contribution in [3.63, 3.8) is 0 Å². The number of fused-ring (bicyclic) bond motifs is 1. The smallest absolute Gasteiger partial charge is 0.240 e. The molecule has 0 aromatic heterocycles. The third-order valence-corrected chi connectivity index (χ3v) is 5.61. The van der Waals surface area contributed by atoms with Crippen LogP contribution < -0.4 is 5.32 Å². The van der Waals surface area contributed by atoms with Gasteiger partial charge < -0.3 is 9.80 Å². The van der Waals surface area contributed by atoms with E-state index in [-0.39, 0.29) is 18.4 Å². The van der Waals surface area contributed by atoms with Crippen molar-refractivity contribution in [1.29, 1.82) is 0 Å². The predicted octanol–water partition coefficient (Wildman–Crippen LogP) is 1.01. The molecule has 1 amide bonds. The Labute approximate surface area is 126 Å². The highest BCUT2D eigenvalue weighted by molar-refractivity contribution is 7.99. The van der Waals surface area contributed by atoms with Crippen molar-refractivity contribution in [2.75, 3.05) is 38.3 Å². The molecule has 3 heterocycles.